The van der Waals surface area contributed by atoms with E-state index in [2.05, 4.69) is 0 Å². The van der Waals surface area contributed by atoms with Crippen LogP contribution in [0, 0.1) is 5.82 Å². The first kappa shape index (κ1) is 26.4. The number of anilines is 2. The van der Waals surface area contributed by atoms with Gasteiger partial charge in [0.05, 0.1) is 6.42 Å². The number of fused-ring (bicyclic) bond motifs is 1. The van der Waals surface area contributed by atoms with E-state index in [1.807, 2.05) is 29.2 Å². The van der Waals surface area contributed by atoms with Gasteiger partial charge in [0.25, 0.3) is 5.91 Å². The fourth-order valence-corrected chi connectivity index (χ4v) is 5.48. The van der Waals surface area contributed by atoms with Crippen molar-refractivity contribution in [2.45, 2.75) is 50.6 Å². The van der Waals surface area contributed by atoms with E-state index in [1.54, 1.807) is 50.5 Å². The van der Waals surface area contributed by atoms with Gasteiger partial charge in [-0.2, -0.15) is 0 Å². The van der Waals surface area contributed by atoms with E-state index < -0.39 is 18.0 Å². The predicted octanol–water partition coefficient (Wildman–Crippen LogP) is 5.88. The highest BCUT2D eigenvalue weighted by molar-refractivity contribution is 6.12. The Morgan fingerprint density at radius 1 is 0.949 bits per heavy atom. The highest BCUT2D eigenvalue weighted by Gasteiger charge is 2.45. The number of para-hydroxylation sites is 1. The van der Waals surface area contributed by atoms with Crippen molar-refractivity contribution in [2.24, 2.45) is 0 Å². The van der Waals surface area contributed by atoms with E-state index in [9.17, 15) is 18.8 Å². The molecule has 3 aromatic rings. The van der Waals surface area contributed by atoms with Crippen LogP contribution < -0.4 is 14.5 Å². The number of ether oxygens (including phenoxy) is 1. The summed E-state index contributed by atoms with van der Waals surface area (Å²) in [6.45, 7) is 0. The minimum absolute atomic E-state index is 0.0200. The van der Waals surface area contributed by atoms with Crippen molar-refractivity contribution in [3.63, 3.8) is 0 Å². The third kappa shape index (κ3) is 5.50. The first-order valence-electron chi connectivity index (χ1n) is 13.3. The van der Waals surface area contributed by atoms with Gasteiger partial charge in [-0.1, -0.05) is 55.7 Å². The molecule has 3 aromatic carbocycles. The van der Waals surface area contributed by atoms with Crippen LogP contribution in [0.15, 0.2) is 72.8 Å². The summed E-state index contributed by atoms with van der Waals surface area (Å²) in [6.07, 6.45) is 4.61. The summed E-state index contributed by atoms with van der Waals surface area (Å²) in [5.74, 6) is -0.626. The molecule has 1 aliphatic heterocycles. The molecule has 1 aliphatic carbocycles. The predicted molar refractivity (Wildman–Crippen MR) is 147 cm³/mol. The molecule has 1 unspecified atom stereocenters. The lowest BCUT2D eigenvalue weighted by atomic mass is 9.94. The van der Waals surface area contributed by atoms with Crippen molar-refractivity contribution in [2.75, 3.05) is 23.9 Å². The van der Waals surface area contributed by atoms with Gasteiger partial charge in [0.2, 0.25) is 5.91 Å². The van der Waals surface area contributed by atoms with Crippen molar-refractivity contribution >= 4 is 29.3 Å². The monoisotopic (exact) mass is 529 g/mol. The highest BCUT2D eigenvalue weighted by atomic mass is 19.1. The molecule has 0 spiro atoms. The van der Waals surface area contributed by atoms with Crippen molar-refractivity contribution in [3.8, 4) is 5.75 Å². The maximum atomic E-state index is 14.4. The fraction of sp³-hybridized carbons (Fsp3) is 0.323. The van der Waals surface area contributed by atoms with Crippen LogP contribution in [-0.2, 0) is 16.0 Å². The van der Waals surface area contributed by atoms with E-state index in [4.69, 9.17) is 4.74 Å². The van der Waals surface area contributed by atoms with E-state index in [0.29, 0.717) is 17.0 Å². The Hall–Kier alpha value is -4.20. The molecule has 1 fully saturated rings. The van der Waals surface area contributed by atoms with Gasteiger partial charge in [-0.05, 0) is 54.8 Å². The van der Waals surface area contributed by atoms with Gasteiger partial charge >= 0.3 is 6.09 Å². The Kier molecular flexibility index (Phi) is 7.63. The maximum Gasteiger partial charge on any atom is 0.414 e. The van der Waals surface area contributed by atoms with Gasteiger partial charge in [-0.25, -0.2) is 9.18 Å². The van der Waals surface area contributed by atoms with Gasteiger partial charge < -0.3 is 14.5 Å². The van der Waals surface area contributed by atoms with E-state index >= 15 is 0 Å². The number of hydrogen-bond donors (Lipinski definition) is 0. The Bertz CT molecular complexity index is 1370. The van der Waals surface area contributed by atoms with Crippen molar-refractivity contribution in [3.05, 3.63) is 89.7 Å². The summed E-state index contributed by atoms with van der Waals surface area (Å²) in [5.41, 5.74) is 2.57. The quantitative estimate of drug-likeness (QED) is 0.400. The normalized spacial score (nSPS) is 17.1. The van der Waals surface area contributed by atoms with Crippen LogP contribution in [-0.4, -0.2) is 42.9 Å². The van der Waals surface area contributed by atoms with E-state index in [0.717, 1.165) is 43.4 Å². The van der Waals surface area contributed by atoms with Gasteiger partial charge in [0.1, 0.15) is 17.6 Å². The van der Waals surface area contributed by atoms with Gasteiger partial charge in [-0.15, -0.1) is 0 Å². The summed E-state index contributed by atoms with van der Waals surface area (Å²) >= 11 is 0. The Morgan fingerprint density at radius 3 is 2.36 bits per heavy atom. The first-order valence-corrected chi connectivity index (χ1v) is 13.3. The van der Waals surface area contributed by atoms with Crippen molar-refractivity contribution in [1.29, 1.82) is 0 Å². The smallest absolute Gasteiger partial charge is 0.410 e. The largest absolute Gasteiger partial charge is 0.414 e. The molecule has 202 valence electrons. The number of benzene rings is 3. The Labute approximate surface area is 227 Å². The molecular weight excluding hydrogens is 497 g/mol. The maximum absolute atomic E-state index is 14.4. The fourth-order valence-electron chi connectivity index (χ4n) is 5.48. The molecule has 0 aromatic heterocycles. The zero-order valence-electron chi connectivity index (χ0n) is 22.2. The van der Waals surface area contributed by atoms with E-state index in [1.165, 1.54) is 21.9 Å². The minimum atomic E-state index is -0.891. The molecule has 2 aliphatic rings. The van der Waals surface area contributed by atoms with Crippen molar-refractivity contribution < 1.29 is 23.5 Å². The summed E-state index contributed by atoms with van der Waals surface area (Å²) in [5, 5.41) is 0. The van der Waals surface area contributed by atoms with Gasteiger partial charge in [-0.3, -0.25) is 14.5 Å². The van der Waals surface area contributed by atoms with Crippen LogP contribution in [0.3, 0.4) is 0 Å². The number of hydrogen-bond acceptors (Lipinski definition) is 4. The molecule has 0 radical (unpaired) electrons. The standard InChI is InChI=1S/C31H32FN3O4/c1-33(2)31(38)39-25-17-15-21(16-18-25)19-28(36)35(24-12-8-9-22(32)20-24)29-26-13-6-7-14-27(26)34(30(29)37)23-10-4-3-5-11-23/h6-9,12-18,20,23,29H,3-5,10-11,19H2,1-2H3. The third-order valence-corrected chi connectivity index (χ3v) is 7.36. The molecule has 1 heterocycles. The number of rotatable bonds is 6. The number of carbonyl (C=O) groups is 3. The lowest BCUT2D eigenvalue weighted by molar-refractivity contribution is -0.124. The van der Waals surface area contributed by atoms with Crippen LogP contribution in [0.25, 0.3) is 0 Å². The zero-order chi connectivity index (χ0) is 27.5. The Balaban J connectivity index is 1.47. The van der Waals surface area contributed by atoms with Crippen LogP contribution in [0.2, 0.25) is 0 Å². The molecular formula is C31H32FN3O4. The second-order valence-corrected chi connectivity index (χ2v) is 10.3. The molecule has 1 saturated carbocycles. The summed E-state index contributed by atoms with van der Waals surface area (Å²) in [4.78, 5) is 44.5. The molecule has 0 N–H and O–H groups in total. The van der Waals surface area contributed by atoms with Crippen LogP contribution >= 0.6 is 0 Å². The lowest BCUT2D eigenvalue weighted by Gasteiger charge is -2.33. The average Bonchev–Trinajstić information content (AvgIpc) is 3.22. The van der Waals surface area contributed by atoms with Crippen molar-refractivity contribution in [1.82, 2.24) is 4.90 Å². The second kappa shape index (κ2) is 11.3. The number of halogens is 1. The van der Waals surface area contributed by atoms with Crippen LogP contribution in [0.5, 0.6) is 5.75 Å². The summed E-state index contributed by atoms with van der Waals surface area (Å²) in [6, 6.07) is 19.3. The van der Waals surface area contributed by atoms with Crippen LogP contribution in [0.1, 0.15) is 49.3 Å². The molecule has 1 atom stereocenters. The SMILES string of the molecule is CN(C)C(=O)Oc1ccc(CC(=O)N(c2cccc(F)c2)C2C(=O)N(C3CCCCC3)c3ccccc32)cc1. The molecule has 0 bridgehead atoms. The molecule has 5 rings (SSSR count). The van der Waals surface area contributed by atoms with Gasteiger partial charge in [0, 0.05) is 37.1 Å². The number of nitrogens with zero attached hydrogens (tertiary/aromatic N) is 3. The van der Waals surface area contributed by atoms with Gasteiger partial charge in [0.15, 0.2) is 0 Å². The number of carbonyl (C=O) groups excluding carboxylic acids is 3. The first-order chi connectivity index (χ1) is 18.8. The number of amides is 3. The van der Waals surface area contributed by atoms with E-state index in [-0.39, 0.29) is 24.3 Å². The topological polar surface area (TPSA) is 70.2 Å². The molecule has 3 amide bonds. The average molecular weight is 530 g/mol. The Morgan fingerprint density at radius 2 is 1.67 bits per heavy atom. The molecule has 8 heteroatoms. The lowest BCUT2D eigenvalue weighted by Crippen LogP contribution is -2.45. The molecule has 0 saturated heterocycles. The molecule has 39 heavy (non-hydrogen) atoms. The van der Waals surface area contributed by atoms with Crippen LogP contribution in [0.4, 0.5) is 20.6 Å². The minimum Gasteiger partial charge on any atom is -0.410 e. The summed E-state index contributed by atoms with van der Waals surface area (Å²) < 4.78 is 19.7. The second-order valence-electron chi connectivity index (χ2n) is 10.3. The zero-order valence-corrected chi connectivity index (χ0v) is 22.2. The highest BCUT2D eigenvalue weighted by Crippen LogP contribution is 2.44. The molecule has 7 nitrogen and oxygen atoms in total. The summed E-state index contributed by atoms with van der Waals surface area (Å²) in [7, 11) is 3.18. The third-order valence-electron chi connectivity index (χ3n) is 7.36.